The molecule has 0 atom stereocenters. The number of carbonyl (C=O) groups excluding carboxylic acids is 1. The Morgan fingerprint density at radius 1 is 0.950 bits per heavy atom. The fraction of sp³-hybridized carbons (Fsp3) is 0.138. The van der Waals surface area contributed by atoms with E-state index in [1.165, 1.54) is 16.6 Å². The number of fused-ring (bicyclic) bond motifs is 1. The summed E-state index contributed by atoms with van der Waals surface area (Å²) in [5.74, 6) is -0.320. The molecule has 0 aliphatic heterocycles. The second kappa shape index (κ2) is 10.2. The third-order valence-electron chi connectivity index (χ3n) is 6.71. The van der Waals surface area contributed by atoms with Gasteiger partial charge in [0.1, 0.15) is 11.5 Å². The quantitative estimate of drug-likeness (QED) is 0.261. The molecule has 1 amide bonds. The lowest BCUT2D eigenvalue weighted by Crippen LogP contribution is -2.18. The van der Waals surface area contributed by atoms with Crippen LogP contribution in [-0.4, -0.2) is 40.1 Å². The molecule has 1 N–H and O–H groups in total. The van der Waals surface area contributed by atoms with Gasteiger partial charge in [0.05, 0.1) is 23.6 Å². The second-order valence-corrected chi connectivity index (χ2v) is 10.4. The predicted octanol–water partition coefficient (Wildman–Crippen LogP) is 5.81. The van der Waals surface area contributed by atoms with Crippen molar-refractivity contribution < 1.29 is 9.18 Å². The lowest BCUT2D eigenvalue weighted by Gasteiger charge is -2.09. The molecule has 0 fully saturated rings. The number of rotatable bonds is 6. The fourth-order valence-corrected chi connectivity index (χ4v) is 4.91. The van der Waals surface area contributed by atoms with Gasteiger partial charge in [-0.15, -0.1) is 0 Å². The highest BCUT2D eigenvalue weighted by molar-refractivity contribution is 9.10. The van der Waals surface area contributed by atoms with Gasteiger partial charge in [-0.2, -0.15) is 15.3 Å². The summed E-state index contributed by atoms with van der Waals surface area (Å²) in [5, 5.41) is 16.6. The maximum absolute atomic E-state index is 13.7. The van der Waals surface area contributed by atoms with Crippen molar-refractivity contribution in [3.63, 3.8) is 0 Å². The second-order valence-electron chi connectivity index (χ2n) is 9.48. The molecule has 6 rings (SSSR count). The van der Waals surface area contributed by atoms with Crippen molar-refractivity contribution in [2.75, 3.05) is 5.32 Å². The van der Waals surface area contributed by atoms with Crippen LogP contribution in [0.4, 0.5) is 10.2 Å². The molecule has 0 spiro atoms. The Kier molecular flexibility index (Phi) is 6.51. The number of aryl methyl sites for hydroxylation is 2. The van der Waals surface area contributed by atoms with E-state index in [0.717, 1.165) is 27.0 Å². The number of hydrogen-bond acceptors (Lipinski definition) is 5. The first-order valence-electron chi connectivity index (χ1n) is 12.5. The molecule has 4 heterocycles. The zero-order valence-corrected chi connectivity index (χ0v) is 23.5. The van der Waals surface area contributed by atoms with Gasteiger partial charge in [0.25, 0.3) is 5.91 Å². The monoisotopic (exact) mass is 598 g/mol. The van der Waals surface area contributed by atoms with E-state index in [0.29, 0.717) is 35.0 Å². The highest BCUT2D eigenvalue weighted by Crippen LogP contribution is 2.28. The minimum absolute atomic E-state index is 0.276. The molecule has 0 aliphatic rings. The van der Waals surface area contributed by atoms with Crippen LogP contribution >= 0.6 is 15.9 Å². The van der Waals surface area contributed by atoms with E-state index in [-0.39, 0.29) is 11.5 Å². The molecule has 9 nitrogen and oxygen atoms in total. The van der Waals surface area contributed by atoms with E-state index in [1.807, 2.05) is 51.4 Å². The summed E-state index contributed by atoms with van der Waals surface area (Å²) < 4.78 is 19.6. The maximum atomic E-state index is 13.7. The first-order valence-corrected chi connectivity index (χ1v) is 13.3. The topological polar surface area (TPSA) is 94.9 Å². The van der Waals surface area contributed by atoms with Crippen LogP contribution < -0.4 is 5.32 Å². The molecule has 0 radical (unpaired) electrons. The van der Waals surface area contributed by atoms with Gasteiger partial charge >= 0.3 is 0 Å². The van der Waals surface area contributed by atoms with Gasteiger partial charge in [-0.3, -0.25) is 14.2 Å². The van der Waals surface area contributed by atoms with Crippen molar-refractivity contribution in [2.24, 2.45) is 7.05 Å². The van der Waals surface area contributed by atoms with Crippen LogP contribution in [-0.2, 0) is 13.6 Å². The molecular weight excluding hydrogens is 575 g/mol. The zero-order valence-electron chi connectivity index (χ0n) is 21.9. The maximum Gasteiger partial charge on any atom is 0.275 e. The van der Waals surface area contributed by atoms with E-state index in [2.05, 4.69) is 36.5 Å². The van der Waals surface area contributed by atoms with Gasteiger partial charge in [-0.25, -0.2) is 13.9 Å². The number of amides is 1. The van der Waals surface area contributed by atoms with Crippen LogP contribution in [0.1, 0.15) is 27.4 Å². The number of halogens is 2. The van der Waals surface area contributed by atoms with Gasteiger partial charge in [0.2, 0.25) is 0 Å². The summed E-state index contributed by atoms with van der Waals surface area (Å²) in [6.45, 7) is 4.43. The van der Waals surface area contributed by atoms with E-state index in [4.69, 9.17) is 4.98 Å². The molecule has 0 saturated carbocycles. The fourth-order valence-electron chi connectivity index (χ4n) is 4.64. The SMILES string of the molecule is Cc1nn(C)c(C)c1-c1cc(C(=O)Nc2ccn(Cc3ccc(Br)cc3)n2)n2nc(-c3ccc(F)cc3)cc2n1. The van der Waals surface area contributed by atoms with E-state index >= 15 is 0 Å². The number of carbonyl (C=O) groups is 1. The summed E-state index contributed by atoms with van der Waals surface area (Å²) in [6, 6.07) is 19.2. The lowest BCUT2D eigenvalue weighted by atomic mass is 10.1. The zero-order chi connectivity index (χ0) is 28.0. The van der Waals surface area contributed by atoms with Crippen LogP contribution in [0.25, 0.3) is 28.2 Å². The normalized spacial score (nSPS) is 11.3. The highest BCUT2D eigenvalue weighted by atomic mass is 79.9. The molecule has 4 aromatic heterocycles. The number of benzene rings is 2. The number of nitrogens with one attached hydrogen (secondary N) is 1. The van der Waals surface area contributed by atoms with Crippen LogP contribution in [0, 0.1) is 19.7 Å². The summed E-state index contributed by atoms with van der Waals surface area (Å²) >= 11 is 3.45. The number of aromatic nitrogens is 7. The molecule has 200 valence electrons. The van der Waals surface area contributed by atoms with Crippen LogP contribution in [0.15, 0.2) is 77.4 Å². The summed E-state index contributed by atoms with van der Waals surface area (Å²) in [4.78, 5) is 18.5. The summed E-state index contributed by atoms with van der Waals surface area (Å²) in [5.41, 5.74) is 6.28. The number of anilines is 1. The minimum atomic E-state index is -0.393. The minimum Gasteiger partial charge on any atom is -0.304 e. The molecule has 0 saturated heterocycles. The van der Waals surface area contributed by atoms with Gasteiger partial charge < -0.3 is 5.32 Å². The van der Waals surface area contributed by atoms with Crippen molar-refractivity contribution in [2.45, 2.75) is 20.4 Å². The van der Waals surface area contributed by atoms with Crippen molar-refractivity contribution in [3.8, 4) is 22.5 Å². The Bertz CT molecular complexity index is 1870. The summed E-state index contributed by atoms with van der Waals surface area (Å²) in [6.07, 6.45) is 1.81. The molecule has 2 aromatic carbocycles. The Labute approximate surface area is 237 Å². The largest absolute Gasteiger partial charge is 0.304 e. The van der Waals surface area contributed by atoms with Crippen molar-refractivity contribution in [3.05, 3.63) is 106 Å². The van der Waals surface area contributed by atoms with Gasteiger partial charge in [-0.05, 0) is 61.9 Å². The summed E-state index contributed by atoms with van der Waals surface area (Å²) in [7, 11) is 1.87. The molecule has 40 heavy (non-hydrogen) atoms. The molecule has 11 heteroatoms. The Hall–Kier alpha value is -4.64. The number of hydrogen-bond donors (Lipinski definition) is 1. The predicted molar refractivity (Wildman–Crippen MR) is 153 cm³/mol. The third kappa shape index (κ3) is 4.91. The van der Waals surface area contributed by atoms with Gasteiger partial charge in [0, 0.05) is 46.7 Å². The Morgan fingerprint density at radius 2 is 1.70 bits per heavy atom. The molecule has 6 aromatic rings. The van der Waals surface area contributed by atoms with E-state index in [1.54, 1.807) is 39.7 Å². The van der Waals surface area contributed by atoms with Gasteiger partial charge in [-0.1, -0.05) is 28.1 Å². The van der Waals surface area contributed by atoms with Crippen LogP contribution in [0.2, 0.25) is 0 Å². The molecule has 0 aliphatic carbocycles. The highest BCUT2D eigenvalue weighted by Gasteiger charge is 2.21. The Balaban J connectivity index is 1.38. The standard InChI is InChI=1S/C29H24BrFN8O/c1-17-28(18(2)37(3)34-17)24-14-25(39-27(32-24)15-23(35-39)20-6-10-22(31)11-7-20)29(40)33-26-12-13-38(36-26)16-19-4-8-21(30)9-5-19/h4-15H,16H2,1-3H3,(H,33,36,40). The molecule has 0 unspecified atom stereocenters. The lowest BCUT2D eigenvalue weighted by molar-refractivity contribution is 0.101. The average Bonchev–Trinajstić information content (AvgIpc) is 3.62. The first kappa shape index (κ1) is 25.6. The molecular formula is C29H24BrFN8O. The third-order valence-corrected chi connectivity index (χ3v) is 7.23. The van der Waals surface area contributed by atoms with Crippen molar-refractivity contribution >= 4 is 33.3 Å². The van der Waals surface area contributed by atoms with Crippen molar-refractivity contribution in [1.29, 1.82) is 0 Å². The van der Waals surface area contributed by atoms with Crippen LogP contribution in [0.3, 0.4) is 0 Å². The average molecular weight is 599 g/mol. The van der Waals surface area contributed by atoms with Crippen molar-refractivity contribution in [1.82, 2.24) is 34.2 Å². The first-order chi connectivity index (χ1) is 19.2. The Morgan fingerprint density at radius 3 is 2.40 bits per heavy atom. The number of nitrogens with zero attached hydrogens (tertiary/aromatic N) is 7. The smallest absolute Gasteiger partial charge is 0.275 e. The van der Waals surface area contributed by atoms with Gasteiger partial charge in [0.15, 0.2) is 11.5 Å². The van der Waals surface area contributed by atoms with Crippen LogP contribution in [0.5, 0.6) is 0 Å². The van der Waals surface area contributed by atoms with E-state index < -0.39 is 5.91 Å². The van der Waals surface area contributed by atoms with E-state index in [9.17, 15) is 9.18 Å². The molecule has 0 bridgehead atoms.